The van der Waals surface area contributed by atoms with Crippen LogP contribution in [0, 0.1) is 35.0 Å². The van der Waals surface area contributed by atoms with Crippen molar-refractivity contribution in [2.45, 2.75) is 66.9 Å². The molecule has 11 nitrogen and oxygen atoms in total. The molecule has 18 heteroatoms. The maximum atomic E-state index is 13.3. The summed E-state index contributed by atoms with van der Waals surface area (Å²) in [5.74, 6) is 6.28. The summed E-state index contributed by atoms with van der Waals surface area (Å²) in [6.07, 6.45) is 4.24. The van der Waals surface area contributed by atoms with Crippen LogP contribution in [0.5, 0.6) is 57.5 Å². The zero-order valence-electron chi connectivity index (χ0n) is 61.6. The fourth-order valence-electron chi connectivity index (χ4n) is 13.3. The van der Waals surface area contributed by atoms with Gasteiger partial charge in [0.05, 0.1) is 27.9 Å². The molecule has 0 N–H and O–H groups in total. The molecule has 5 aliphatic heterocycles. The molecule has 16 rings (SSSR count). The Morgan fingerprint density at radius 3 is 0.991 bits per heavy atom. The lowest BCUT2D eigenvalue weighted by atomic mass is 9.89. The van der Waals surface area contributed by atoms with E-state index in [0.717, 1.165) is 149 Å². The highest BCUT2D eigenvalue weighted by molar-refractivity contribution is 6.06. The molecule has 10 aromatic rings. The third-order valence-corrected chi connectivity index (χ3v) is 19.1. The zero-order chi connectivity index (χ0) is 76.8. The number of ether oxygens (including phenoxy) is 10. The van der Waals surface area contributed by atoms with Crippen LogP contribution in [0.15, 0.2) is 240 Å². The number of benzene rings is 10. The van der Waals surface area contributed by atoms with Gasteiger partial charge < -0.3 is 47.4 Å². The van der Waals surface area contributed by atoms with E-state index >= 15 is 0 Å². The molecule has 0 aromatic heterocycles. The highest BCUT2D eigenvalue weighted by atomic mass is 19.3. The predicted octanol–water partition coefficient (Wildman–Crippen LogP) is 22.0. The molecule has 0 saturated heterocycles. The van der Waals surface area contributed by atoms with E-state index < -0.39 is 6.61 Å². The molecule has 1 fully saturated rings. The number of methoxy groups -OCH3 is 3. The summed E-state index contributed by atoms with van der Waals surface area (Å²) in [6.45, 7) is 9.80. The van der Waals surface area contributed by atoms with E-state index in [1.165, 1.54) is 104 Å². The van der Waals surface area contributed by atoms with E-state index in [4.69, 9.17) is 42.6 Å². The Bertz CT molecular complexity index is 4970. The molecule has 1 aliphatic carbocycles. The van der Waals surface area contributed by atoms with E-state index in [1.807, 2.05) is 111 Å². The molecule has 0 amide bonds. The van der Waals surface area contributed by atoms with Gasteiger partial charge in [0.15, 0.2) is 5.78 Å². The average molecular weight is 1480 g/mol. The second-order valence-corrected chi connectivity index (χ2v) is 26.4. The Morgan fingerprint density at radius 2 is 0.661 bits per heavy atom. The van der Waals surface area contributed by atoms with Crippen molar-refractivity contribution in [2.24, 2.45) is 5.92 Å². The van der Waals surface area contributed by atoms with Crippen molar-refractivity contribution in [3.8, 4) is 57.5 Å². The highest BCUT2D eigenvalue weighted by Gasteiger charge is 2.29. The van der Waals surface area contributed by atoms with Crippen LogP contribution in [-0.2, 0) is 4.79 Å². The van der Waals surface area contributed by atoms with Gasteiger partial charge in [-0.05, 0) is 276 Å². The molecule has 10 aromatic carbocycles. The molecule has 0 bridgehead atoms. The number of carbonyl (C=O) groups excluding carboxylic acids is 1. The van der Waals surface area contributed by atoms with Gasteiger partial charge in [-0.3, -0.25) is 4.79 Å². The molecule has 0 unspecified atom stereocenters. The zero-order valence-corrected chi connectivity index (χ0v) is 61.6. The normalized spacial score (nSPS) is 14.3. The van der Waals surface area contributed by atoms with E-state index in [2.05, 4.69) is 18.6 Å². The van der Waals surface area contributed by atoms with Gasteiger partial charge >= 0.3 is 6.61 Å². The highest BCUT2D eigenvalue weighted by Crippen LogP contribution is 2.46. The summed E-state index contributed by atoms with van der Waals surface area (Å²) in [5.41, 5.74) is 19.1. The molecular weight excluding hydrogens is 1400 g/mol. The number of carbonyl (C=O) groups is 1. The minimum absolute atomic E-state index is 0.0470. The van der Waals surface area contributed by atoms with Gasteiger partial charge in [0.25, 0.3) is 0 Å². The third-order valence-electron chi connectivity index (χ3n) is 19.1. The Labute approximate surface area is 629 Å². The number of Topliss-reactive ketones (excluding diaryl/α,β-unsaturated/α-hetero) is 1. The first-order chi connectivity index (χ1) is 52.8. The smallest absolute Gasteiger partial charge is 0.387 e. The lowest BCUT2D eigenvalue weighted by Crippen LogP contribution is -2.17. The van der Waals surface area contributed by atoms with Gasteiger partial charge in [-0.25, -0.2) is 22.0 Å². The second-order valence-electron chi connectivity index (χ2n) is 26.4. The van der Waals surface area contributed by atoms with Crippen LogP contribution < -0.4 is 47.4 Å². The summed E-state index contributed by atoms with van der Waals surface area (Å²) >= 11 is 0. The van der Waals surface area contributed by atoms with Crippen LogP contribution in [0.1, 0.15) is 116 Å². The summed E-state index contributed by atoms with van der Waals surface area (Å²) in [4.78, 5) is 12.1. The van der Waals surface area contributed by atoms with Crippen molar-refractivity contribution in [2.75, 3.05) is 61.0 Å². The number of hydrogen-bond acceptors (Lipinski definition) is 11. The second kappa shape index (κ2) is 35.2. The SMILES string of the molecule is CC(=O)C1=C(c2ccc(F)cc2)c2cc(OCC3CC3)ccc2OC1.CC1=C(c2ccc(F)cc2)c2cc(OC(F)F)ccc2OC1.CCC1=C(c2ccc(F)cc2)c2cc(OC)ccc2OC1.CCC1=C(c2ccc(F)cc2)c2cc(OC)ccc2OC1.COc1ccc2c(c1)C(c1ccc(F)cc1)=C(C)CO2. The lowest BCUT2D eigenvalue weighted by molar-refractivity contribution is -0.113. The first-order valence-electron chi connectivity index (χ1n) is 35.7. The monoisotopic (exact) mass is 1480 g/mol. The quantitative estimate of drug-likeness (QED) is 0.0863. The molecule has 6 aliphatic rings. The predicted molar refractivity (Wildman–Crippen MR) is 409 cm³/mol. The summed E-state index contributed by atoms with van der Waals surface area (Å²) in [7, 11) is 4.93. The van der Waals surface area contributed by atoms with Gasteiger partial charge in [-0.1, -0.05) is 74.5 Å². The Hall–Kier alpha value is -11.9. The summed E-state index contributed by atoms with van der Waals surface area (Å²) in [6, 6.07) is 59.5. The van der Waals surface area contributed by atoms with Crippen molar-refractivity contribution in [3.63, 3.8) is 0 Å². The molecule has 0 atom stereocenters. The minimum Gasteiger partial charge on any atom is -0.497 e. The molecule has 0 spiro atoms. The van der Waals surface area contributed by atoms with E-state index in [1.54, 1.807) is 63.8 Å². The van der Waals surface area contributed by atoms with Gasteiger partial charge in [0.1, 0.15) is 120 Å². The minimum atomic E-state index is -2.89. The third kappa shape index (κ3) is 18.6. The summed E-state index contributed by atoms with van der Waals surface area (Å²) < 4.78 is 146. The Morgan fingerprint density at radius 1 is 0.376 bits per heavy atom. The number of hydrogen-bond donors (Lipinski definition) is 0. The van der Waals surface area contributed by atoms with Crippen molar-refractivity contribution in [1.29, 1.82) is 0 Å². The van der Waals surface area contributed by atoms with Crippen LogP contribution in [-0.4, -0.2) is 73.4 Å². The molecule has 5 heterocycles. The lowest BCUT2D eigenvalue weighted by Gasteiger charge is -2.24. The molecule has 560 valence electrons. The van der Waals surface area contributed by atoms with Crippen LogP contribution in [0.3, 0.4) is 0 Å². The topological polar surface area (TPSA) is 109 Å². The van der Waals surface area contributed by atoms with Crippen LogP contribution >= 0.6 is 0 Å². The molecule has 0 radical (unpaired) electrons. The Balaban J connectivity index is 0.000000127. The van der Waals surface area contributed by atoms with Crippen LogP contribution in [0.4, 0.5) is 30.7 Å². The van der Waals surface area contributed by atoms with E-state index in [0.29, 0.717) is 55.0 Å². The van der Waals surface area contributed by atoms with Crippen molar-refractivity contribution >= 4 is 33.6 Å². The van der Waals surface area contributed by atoms with Gasteiger partial charge in [-0.15, -0.1) is 0 Å². The van der Waals surface area contributed by atoms with Crippen LogP contribution in [0.2, 0.25) is 0 Å². The van der Waals surface area contributed by atoms with Gasteiger partial charge in [0.2, 0.25) is 0 Å². The summed E-state index contributed by atoms with van der Waals surface area (Å²) in [5, 5.41) is 0. The van der Waals surface area contributed by atoms with E-state index in [9.17, 15) is 35.5 Å². The fourth-order valence-corrected chi connectivity index (χ4v) is 13.3. The number of fused-ring (bicyclic) bond motifs is 5. The van der Waals surface area contributed by atoms with Gasteiger partial charge in [0, 0.05) is 39.0 Å². The number of alkyl halides is 2. The Kier molecular flexibility index (Phi) is 24.8. The largest absolute Gasteiger partial charge is 0.497 e. The standard InChI is InChI=1S/C21H19FO3.2C18H17FO2.C17H13F3O2.C17H15FO2/c1-13(23)19-12-25-20-9-8-17(24-11-14-2-3-14)10-18(20)21(19)15-4-6-16(22)7-5-15;2*1-3-12-11-21-17-9-8-15(20-2)10-16(17)18(12)13-4-6-14(19)7-5-13;1-10-9-21-15-7-6-13(22-17(19)20)8-14(15)16(10)11-2-4-12(18)5-3-11;1-11-10-20-16-8-7-14(19-2)9-15(16)17(11)12-3-5-13(18)6-4-12/h4-10,14H,2-3,11-12H2,1H3;2*4-10H,3,11H2,1-2H3;2-8,17H,9H2,1H3;3-9H,10H2,1-2H3. The molecular formula is C91H81F7O11. The first-order valence-corrected chi connectivity index (χ1v) is 35.7. The van der Waals surface area contributed by atoms with Crippen molar-refractivity contribution in [3.05, 3.63) is 325 Å². The van der Waals surface area contributed by atoms with Gasteiger partial charge in [-0.2, -0.15) is 8.78 Å². The first kappa shape index (κ1) is 76.7. The molecule has 109 heavy (non-hydrogen) atoms. The number of halogens is 7. The number of rotatable bonds is 16. The fraction of sp³-hybridized carbons (Fsp3) is 0.220. The van der Waals surface area contributed by atoms with Crippen molar-refractivity contribution in [1.82, 2.24) is 0 Å². The average Bonchev–Trinajstić information content (AvgIpc) is 1.17. The number of ketones is 1. The van der Waals surface area contributed by atoms with Crippen molar-refractivity contribution < 1.29 is 82.9 Å². The molecule has 1 saturated carbocycles. The maximum absolute atomic E-state index is 13.3. The van der Waals surface area contributed by atoms with Crippen LogP contribution in [0.25, 0.3) is 27.9 Å². The maximum Gasteiger partial charge on any atom is 0.387 e. The van der Waals surface area contributed by atoms with E-state index in [-0.39, 0.29) is 47.2 Å².